The van der Waals surface area contributed by atoms with Crippen molar-refractivity contribution in [2.24, 2.45) is 40.4 Å². The summed E-state index contributed by atoms with van der Waals surface area (Å²) in [5.74, 6) is 3.58. The van der Waals surface area contributed by atoms with Gasteiger partial charge < -0.3 is 4.90 Å². The summed E-state index contributed by atoms with van der Waals surface area (Å²) in [6.07, 6.45) is 11.2. The van der Waals surface area contributed by atoms with Gasteiger partial charge in [-0.3, -0.25) is 9.59 Å². The fourth-order valence-corrected chi connectivity index (χ4v) is 8.00. The number of carbonyl (C=O) groups is 2. The van der Waals surface area contributed by atoms with Gasteiger partial charge in [-0.25, -0.2) is 0 Å². The number of fused-ring (bicyclic) bond motifs is 5. The maximum absolute atomic E-state index is 12.7. The van der Waals surface area contributed by atoms with E-state index in [0.717, 1.165) is 37.0 Å². The van der Waals surface area contributed by atoms with Gasteiger partial charge in [-0.2, -0.15) is 0 Å². The Morgan fingerprint density at radius 1 is 1.07 bits per heavy atom. The Kier molecular flexibility index (Phi) is 4.59. The highest BCUT2D eigenvalue weighted by atomic mass is 16.2. The number of amides is 1. The average molecular weight is 372 g/mol. The molecule has 0 radical (unpaired) electrons. The minimum Gasteiger partial charge on any atom is -0.349 e. The van der Waals surface area contributed by atoms with Crippen LogP contribution in [0.1, 0.15) is 72.1 Å². The third-order valence-corrected chi connectivity index (χ3v) is 9.47. The van der Waals surface area contributed by atoms with Crippen molar-refractivity contribution in [1.29, 1.82) is 0 Å². The summed E-state index contributed by atoms with van der Waals surface area (Å²) in [7, 11) is 3.79. The zero-order valence-electron chi connectivity index (χ0n) is 17.9. The molecule has 0 aromatic heterocycles. The first-order valence-corrected chi connectivity index (χ1v) is 11.1. The van der Waals surface area contributed by atoms with Gasteiger partial charge in [0.25, 0.3) is 0 Å². The predicted octanol–water partition coefficient (Wildman–Crippen LogP) is 4.86. The Bertz CT molecular complexity index is 680. The highest BCUT2D eigenvalue weighted by Crippen LogP contribution is 2.67. The van der Waals surface area contributed by atoms with Crippen LogP contribution in [-0.2, 0) is 9.59 Å². The fourth-order valence-electron chi connectivity index (χ4n) is 8.00. The topological polar surface area (TPSA) is 37.4 Å². The number of hydrogen-bond acceptors (Lipinski definition) is 2. The van der Waals surface area contributed by atoms with Gasteiger partial charge >= 0.3 is 0 Å². The Balaban J connectivity index is 1.60. The third-order valence-electron chi connectivity index (χ3n) is 9.47. The highest BCUT2D eigenvalue weighted by molar-refractivity contribution is 5.91. The van der Waals surface area contributed by atoms with E-state index in [0.29, 0.717) is 23.0 Å². The van der Waals surface area contributed by atoms with Crippen LogP contribution in [0.25, 0.3) is 0 Å². The van der Waals surface area contributed by atoms with E-state index in [4.69, 9.17) is 0 Å². The molecule has 1 unspecified atom stereocenters. The molecule has 3 fully saturated rings. The zero-order valence-corrected chi connectivity index (χ0v) is 17.9. The van der Waals surface area contributed by atoms with E-state index in [1.54, 1.807) is 4.90 Å². The minimum atomic E-state index is 0.133. The van der Waals surface area contributed by atoms with E-state index >= 15 is 0 Å². The van der Waals surface area contributed by atoms with E-state index in [1.165, 1.54) is 37.7 Å². The van der Waals surface area contributed by atoms with E-state index < -0.39 is 0 Å². The highest BCUT2D eigenvalue weighted by Gasteiger charge is 2.60. The van der Waals surface area contributed by atoms with Crippen molar-refractivity contribution in [3.63, 3.8) is 0 Å². The molecular weight excluding hydrogens is 334 g/mol. The van der Waals surface area contributed by atoms with Crippen LogP contribution in [0.5, 0.6) is 0 Å². The molecule has 0 aromatic rings. The van der Waals surface area contributed by atoms with Gasteiger partial charge in [-0.15, -0.1) is 0 Å². The Morgan fingerprint density at radius 2 is 1.81 bits per heavy atom. The Morgan fingerprint density at radius 3 is 2.52 bits per heavy atom. The number of hydrogen-bond donors (Lipinski definition) is 0. The number of allylic oxidation sites excluding steroid dienone is 1. The summed E-state index contributed by atoms with van der Waals surface area (Å²) in [6.45, 7) is 7.13. The predicted molar refractivity (Wildman–Crippen MR) is 108 cm³/mol. The van der Waals surface area contributed by atoms with Crippen LogP contribution in [0.15, 0.2) is 11.6 Å². The fraction of sp³-hybridized carbons (Fsp3) is 0.833. The van der Waals surface area contributed by atoms with Crippen molar-refractivity contribution in [3.8, 4) is 0 Å². The zero-order chi connectivity index (χ0) is 19.6. The molecule has 0 spiro atoms. The number of rotatable bonds is 2. The van der Waals surface area contributed by atoms with Gasteiger partial charge in [0.15, 0.2) is 5.78 Å². The number of carbonyl (C=O) groups excluding carboxylic acids is 2. The lowest BCUT2D eigenvalue weighted by Crippen LogP contribution is -2.51. The first kappa shape index (κ1) is 19.2. The van der Waals surface area contributed by atoms with Gasteiger partial charge in [-0.05, 0) is 85.5 Å². The lowest BCUT2D eigenvalue weighted by atomic mass is 9.46. The van der Waals surface area contributed by atoms with Crippen LogP contribution in [-0.4, -0.2) is 30.7 Å². The van der Waals surface area contributed by atoms with E-state index in [1.807, 2.05) is 20.2 Å². The molecule has 3 nitrogen and oxygen atoms in total. The molecule has 0 saturated heterocycles. The molecule has 0 bridgehead atoms. The van der Waals surface area contributed by atoms with Crippen molar-refractivity contribution < 1.29 is 9.59 Å². The van der Waals surface area contributed by atoms with Crippen LogP contribution in [0.2, 0.25) is 0 Å². The van der Waals surface area contributed by atoms with Gasteiger partial charge in [0.2, 0.25) is 5.91 Å². The van der Waals surface area contributed by atoms with E-state index in [2.05, 4.69) is 20.8 Å². The van der Waals surface area contributed by atoms with Gasteiger partial charge in [0.1, 0.15) is 0 Å². The first-order valence-electron chi connectivity index (χ1n) is 11.1. The molecule has 27 heavy (non-hydrogen) atoms. The molecule has 0 N–H and O–H groups in total. The molecule has 0 aromatic carbocycles. The van der Waals surface area contributed by atoms with Crippen LogP contribution >= 0.6 is 0 Å². The molecular formula is C24H37NO2. The summed E-state index contributed by atoms with van der Waals surface area (Å²) in [5.41, 5.74) is 2.02. The molecule has 0 aliphatic heterocycles. The normalized spacial score (nSPS) is 44.6. The second-order valence-corrected chi connectivity index (χ2v) is 10.7. The van der Waals surface area contributed by atoms with Crippen molar-refractivity contribution in [2.75, 3.05) is 14.1 Å². The van der Waals surface area contributed by atoms with Crippen molar-refractivity contribution in [3.05, 3.63) is 11.6 Å². The van der Waals surface area contributed by atoms with Crippen LogP contribution < -0.4 is 0 Å². The van der Waals surface area contributed by atoms with Crippen molar-refractivity contribution in [2.45, 2.75) is 72.1 Å². The standard InChI is InChI=1S/C24H37NO2/c1-15(22(27)25(4)5)19-8-9-20-18-7-6-16-14-17(26)10-12-23(16,2)21(18)11-13-24(19,20)3/h14-15,18-21H,6-13H2,1-5H3/t15?,18-,19+,20-,21-,23-,24+/m0/s1. The van der Waals surface area contributed by atoms with Crippen LogP contribution in [0.3, 0.4) is 0 Å². The summed E-state index contributed by atoms with van der Waals surface area (Å²) in [4.78, 5) is 26.4. The minimum absolute atomic E-state index is 0.133. The van der Waals surface area contributed by atoms with E-state index in [9.17, 15) is 9.59 Å². The molecule has 3 saturated carbocycles. The second kappa shape index (κ2) is 6.46. The molecule has 7 atom stereocenters. The lowest BCUT2D eigenvalue weighted by Gasteiger charge is -2.58. The van der Waals surface area contributed by atoms with Gasteiger partial charge in [-0.1, -0.05) is 26.3 Å². The number of ketones is 1. The Hall–Kier alpha value is -1.12. The molecule has 4 aliphatic rings. The summed E-state index contributed by atoms with van der Waals surface area (Å²) in [6, 6.07) is 0. The quantitative estimate of drug-likeness (QED) is 0.695. The SMILES string of the molecule is CC(C(=O)N(C)C)[C@H]1CC[C@H]2[C@@H]3CCC4=CC(=O)CC[C@]4(C)[C@H]3CC[C@]12C. The summed E-state index contributed by atoms with van der Waals surface area (Å²) < 4.78 is 0. The van der Waals surface area contributed by atoms with Crippen molar-refractivity contribution in [1.82, 2.24) is 4.90 Å². The third kappa shape index (κ3) is 2.75. The average Bonchev–Trinajstić information content (AvgIpc) is 2.98. The smallest absolute Gasteiger partial charge is 0.225 e. The summed E-state index contributed by atoms with van der Waals surface area (Å²) >= 11 is 0. The largest absolute Gasteiger partial charge is 0.349 e. The second-order valence-electron chi connectivity index (χ2n) is 10.7. The maximum atomic E-state index is 12.7. The molecule has 4 aliphatic carbocycles. The molecule has 150 valence electrons. The van der Waals surface area contributed by atoms with Gasteiger partial charge in [0, 0.05) is 26.4 Å². The summed E-state index contributed by atoms with van der Waals surface area (Å²) in [5, 5.41) is 0. The van der Waals surface area contributed by atoms with Crippen LogP contribution in [0, 0.1) is 40.4 Å². The molecule has 3 heteroatoms. The van der Waals surface area contributed by atoms with Crippen molar-refractivity contribution >= 4 is 11.7 Å². The molecule has 4 rings (SSSR count). The number of nitrogens with zero attached hydrogens (tertiary/aromatic N) is 1. The first-order chi connectivity index (χ1) is 12.7. The lowest BCUT2D eigenvalue weighted by molar-refractivity contribution is -0.137. The Labute approximate surface area is 165 Å². The molecule has 0 heterocycles. The maximum Gasteiger partial charge on any atom is 0.225 e. The monoisotopic (exact) mass is 371 g/mol. The van der Waals surface area contributed by atoms with Gasteiger partial charge in [0.05, 0.1) is 0 Å². The molecule has 1 amide bonds. The van der Waals surface area contributed by atoms with Crippen LogP contribution in [0.4, 0.5) is 0 Å². The van der Waals surface area contributed by atoms with E-state index in [-0.39, 0.29) is 11.3 Å².